The molecule has 0 heteroatoms. The van der Waals surface area contributed by atoms with Crippen LogP contribution in [0.3, 0.4) is 0 Å². The van der Waals surface area contributed by atoms with E-state index in [0.717, 1.165) is 11.8 Å². The molecule has 1 rings (SSSR count). The maximum absolute atomic E-state index is 2.33. The summed E-state index contributed by atoms with van der Waals surface area (Å²) >= 11 is 0. The van der Waals surface area contributed by atoms with Gasteiger partial charge in [0.1, 0.15) is 0 Å². The lowest BCUT2D eigenvalue weighted by Crippen LogP contribution is -2.11. The molecule has 0 saturated carbocycles. The highest BCUT2D eigenvalue weighted by Gasteiger charge is 2.15. The Bertz CT molecular complexity index is 324. The van der Waals surface area contributed by atoms with Crippen molar-refractivity contribution in [1.82, 2.24) is 0 Å². The molecule has 0 heterocycles. The van der Waals surface area contributed by atoms with Crippen molar-refractivity contribution in [2.24, 2.45) is 5.92 Å². The Morgan fingerprint density at radius 1 is 0.950 bits per heavy atom. The summed E-state index contributed by atoms with van der Waals surface area (Å²) in [7, 11) is 0. The molecular formula is C20H38. The van der Waals surface area contributed by atoms with Crippen LogP contribution in [0.15, 0.2) is 24.3 Å². The topological polar surface area (TPSA) is 0 Å². The number of rotatable bonds is 4. The van der Waals surface area contributed by atoms with Crippen LogP contribution in [0.4, 0.5) is 0 Å². The molecule has 0 bridgehead atoms. The largest absolute Gasteiger partial charge is 0.0776 e. The summed E-state index contributed by atoms with van der Waals surface area (Å²) in [5.41, 5.74) is 3.20. The van der Waals surface area contributed by atoms with E-state index in [1.54, 1.807) is 0 Å². The van der Waals surface area contributed by atoms with Crippen molar-refractivity contribution in [3.05, 3.63) is 35.4 Å². The zero-order chi connectivity index (χ0) is 15.1. The first kappa shape index (κ1) is 21.5. The van der Waals surface area contributed by atoms with Crippen LogP contribution < -0.4 is 0 Å². The molecule has 20 heavy (non-hydrogen) atoms. The number of hydrogen-bond donors (Lipinski definition) is 0. The van der Waals surface area contributed by atoms with Crippen LogP contribution in [-0.4, -0.2) is 0 Å². The molecule has 0 aliphatic rings. The van der Waals surface area contributed by atoms with E-state index < -0.39 is 0 Å². The van der Waals surface area contributed by atoms with Gasteiger partial charge < -0.3 is 0 Å². The fourth-order valence-corrected chi connectivity index (χ4v) is 2.36. The Kier molecular flexibility index (Phi) is 10.8. The minimum atomic E-state index is 0. The molecule has 1 atom stereocenters. The van der Waals surface area contributed by atoms with E-state index in [1.807, 2.05) is 13.8 Å². The Hall–Kier alpha value is -0.780. The predicted molar refractivity (Wildman–Crippen MR) is 95.7 cm³/mol. The average molecular weight is 279 g/mol. The maximum Gasteiger partial charge on any atom is -0.0132 e. The predicted octanol–water partition coefficient (Wildman–Crippen LogP) is 7.19. The van der Waals surface area contributed by atoms with E-state index >= 15 is 0 Å². The van der Waals surface area contributed by atoms with Crippen molar-refractivity contribution in [2.75, 3.05) is 0 Å². The van der Waals surface area contributed by atoms with Crippen molar-refractivity contribution in [1.29, 1.82) is 0 Å². The molecule has 1 unspecified atom stereocenters. The molecular weight excluding hydrogens is 240 g/mol. The van der Waals surface area contributed by atoms with Gasteiger partial charge in [-0.25, -0.2) is 0 Å². The van der Waals surface area contributed by atoms with Crippen LogP contribution in [-0.2, 0) is 5.41 Å². The molecule has 0 fully saturated rings. The second-order valence-corrected chi connectivity index (χ2v) is 6.61. The summed E-state index contributed by atoms with van der Waals surface area (Å²) in [5, 5.41) is 0. The smallest absolute Gasteiger partial charge is 0.0132 e. The molecule has 0 amide bonds. The van der Waals surface area contributed by atoms with E-state index in [9.17, 15) is 0 Å². The van der Waals surface area contributed by atoms with Gasteiger partial charge in [0, 0.05) is 0 Å². The lowest BCUT2D eigenvalue weighted by Gasteiger charge is -2.22. The zero-order valence-corrected chi connectivity index (χ0v) is 14.4. The normalized spacial score (nSPS) is 12.2. The van der Waals surface area contributed by atoms with Gasteiger partial charge in [-0.1, -0.05) is 87.1 Å². The minimum absolute atomic E-state index is 0. The second kappa shape index (κ2) is 10.0. The summed E-state index contributed by atoms with van der Waals surface area (Å²) in [4.78, 5) is 0. The number of hydrogen-bond acceptors (Lipinski definition) is 0. The quantitative estimate of drug-likeness (QED) is 0.547. The molecule has 1 aromatic rings. The van der Waals surface area contributed by atoms with Gasteiger partial charge in [-0.3, -0.25) is 0 Å². The highest BCUT2D eigenvalue weighted by Crippen LogP contribution is 2.29. The molecule has 0 aliphatic heterocycles. The van der Waals surface area contributed by atoms with E-state index in [-0.39, 0.29) is 12.8 Å². The highest BCUT2D eigenvalue weighted by molar-refractivity contribution is 5.29. The van der Waals surface area contributed by atoms with Crippen LogP contribution in [0.1, 0.15) is 92.7 Å². The third kappa shape index (κ3) is 7.12. The van der Waals surface area contributed by atoms with Crippen molar-refractivity contribution < 1.29 is 0 Å². The summed E-state index contributed by atoms with van der Waals surface area (Å²) in [6.45, 7) is 17.7. The summed E-state index contributed by atoms with van der Waals surface area (Å²) < 4.78 is 0. The van der Waals surface area contributed by atoms with E-state index in [0.29, 0.717) is 0 Å². The number of benzene rings is 1. The fourth-order valence-electron chi connectivity index (χ4n) is 2.36. The van der Waals surface area contributed by atoms with E-state index in [4.69, 9.17) is 0 Å². The molecule has 0 nitrogen and oxygen atoms in total. The Morgan fingerprint density at radius 3 is 1.70 bits per heavy atom. The Balaban J connectivity index is 0. The zero-order valence-electron chi connectivity index (χ0n) is 14.4. The van der Waals surface area contributed by atoms with Crippen molar-refractivity contribution in [3.63, 3.8) is 0 Å². The van der Waals surface area contributed by atoms with Gasteiger partial charge in [0.15, 0.2) is 0 Å². The van der Waals surface area contributed by atoms with Crippen LogP contribution in [0.5, 0.6) is 0 Å². The fraction of sp³-hybridized carbons (Fsp3) is 0.700. The van der Waals surface area contributed by atoms with Gasteiger partial charge in [0.05, 0.1) is 0 Å². The molecule has 0 N–H and O–H groups in total. The standard InChI is InChI=1S/C17H28.C2H6.CH4/c1-7-14(12-13(2)3)15-8-10-16(11-9-15)17(4,5)6;1-2;/h8-11,13-14H,7,12H2,1-6H3;1-2H3;1H4. The van der Waals surface area contributed by atoms with Crippen molar-refractivity contribution >= 4 is 0 Å². The molecule has 0 aromatic heterocycles. The van der Waals surface area contributed by atoms with E-state index in [2.05, 4.69) is 65.8 Å². The summed E-state index contributed by atoms with van der Waals surface area (Å²) in [6.07, 6.45) is 2.54. The monoisotopic (exact) mass is 278 g/mol. The molecule has 0 radical (unpaired) electrons. The molecule has 1 aromatic carbocycles. The van der Waals surface area contributed by atoms with Gasteiger partial charge in [0.25, 0.3) is 0 Å². The van der Waals surface area contributed by atoms with Crippen molar-refractivity contribution in [2.45, 2.75) is 87.0 Å². The molecule has 118 valence electrons. The SMILES string of the molecule is C.CC.CCC(CC(C)C)c1ccc(C(C)(C)C)cc1. The summed E-state index contributed by atoms with van der Waals surface area (Å²) in [5.74, 6) is 1.51. The highest BCUT2D eigenvalue weighted by atomic mass is 14.2. The second-order valence-electron chi connectivity index (χ2n) is 6.61. The van der Waals surface area contributed by atoms with Crippen molar-refractivity contribution in [3.8, 4) is 0 Å². The first-order valence-corrected chi connectivity index (χ1v) is 7.95. The maximum atomic E-state index is 2.33. The lowest BCUT2D eigenvalue weighted by molar-refractivity contribution is 0.489. The molecule has 0 aliphatic carbocycles. The van der Waals surface area contributed by atoms with Crippen LogP contribution in [0.25, 0.3) is 0 Å². The van der Waals surface area contributed by atoms with Gasteiger partial charge >= 0.3 is 0 Å². The van der Waals surface area contributed by atoms with Crippen LogP contribution in [0, 0.1) is 5.92 Å². The van der Waals surface area contributed by atoms with Gasteiger partial charge in [0.2, 0.25) is 0 Å². The first-order chi connectivity index (χ1) is 8.84. The van der Waals surface area contributed by atoms with E-state index in [1.165, 1.54) is 24.0 Å². The average Bonchev–Trinajstić information content (AvgIpc) is 2.37. The van der Waals surface area contributed by atoms with Gasteiger partial charge in [-0.15, -0.1) is 0 Å². The minimum Gasteiger partial charge on any atom is -0.0776 e. The van der Waals surface area contributed by atoms with Crippen LogP contribution in [0.2, 0.25) is 0 Å². The van der Waals surface area contributed by atoms with Gasteiger partial charge in [-0.05, 0) is 41.2 Å². The van der Waals surface area contributed by atoms with Crippen LogP contribution >= 0.6 is 0 Å². The lowest BCUT2D eigenvalue weighted by atomic mass is 9.83. The Labute approximate surface area is 129 Å². The first-order valence-electron chi connectivity index (χ1n) is 7.95. The third-order valence-corrected chi connectivity index (χ3v) is 3.50. The third-order valence-electron chi connectivity index (χ3n) is 3.50. The summed E-state index contributed by atoms with van der Waals surface area (Å²) in [6, 6.07) is 9.27. The molecule has 0 spiro atoms. The van der Waals surface area contributed by atoms with Gasteiger partial charge in [-0.2, -0.15) is 0 Å². The Morgan fingerprint density at radius 2 is 1.40 bits per heavy atom. The molecule has 0 saturated heterocycles.